The molecule has 2 fully saturated rings. The fraction of sp³-hybridized carbons (Fsp3) is 1.00. The van der Waals surface area contributed by atoms with Gasteiger partial charge in [-0.15, -0.1) is 0 Å². The van der Waals surface area contributed by atoms with Gasteiger partial charge >= 0.3 is 0 Å². The Hall–Kier alpha value is -0.0500. The molecule has 0 aliphatic carbocycles. The summed E-state index contributed by atoms with van der Waals surface area (Å²) in [6.07, 6.45) is -9.76. The summed E-state index contributed by atoms with van der Waals surface area (Å²) in [6, 6.07) is 0. The van der Waals surface area contributed by atoms with Crippen molar-refractivity contribution in [2.24, 2.45) is 0 Å². The Labute approximate surface area is 124 Å². The van der Waals surface area contributed by atoms with Gasteiger partial charge in [0.25, 0.3) is 0 Å². The lowest BCUT2D eigenvalue weighted by atomic mass is 10.1. The molecule has 2 aliphatic rings. The number of hydrogen-bond acceptors (Lipinski definition) is 11. The number of rotatable bonds is 6. The Morgan fingerprint density at radius 1 is 0.714 bits per heavy atom. The van der Waals surface area contributed by atoms with Crippen LogP contribution in [0.15, 0.2) is 0 Å². The molecule has 21 heavy (non-hydrogen) atoms. The normalized spacial score (nSPS) is 47.1. The lowest BCUT2D eigenvalue weighted by Gasteiger charge is -2.17. The van der Waals surface area contributed by atoms with Gasteiger partial charge in [-0.1, -0.05) is 0 Å². The Morgan fingerprint density at radius 3 is 1.38 bits per heavy atom. The van der Waals surface area contributed by atoms with Crippen LogP contribution in [0.2, 0.25) is 0 Å². The van der Waals surface area contributed by atoms with Crippen LogP contribution in [0.1, 0.15) is 0 Å². The molecule has 0 aromatic carbocycles. The van der Waals surface area contributed by atoms with E-state index in [1.807, 2.05) is 0 Å². The van der Waals surface area contributed by atoms with Crippen molar-refractivity contribution < 1.29 is 48.5 Å². The van der Waals surface area contributed by atoms with E-state index in [4.69, 9.17) is 28.1 Å². The fourth-order valence-electron chi connectivity index (χ4n) is 1.99. The van der Waals surface area contributed by atoms with Crippen LogP contribution in [0, 0.1) is 0 Å². The maximum absolute atomic E-state index is 9.59. The van der Waals surface area contributed by atoms with E-state index in [9.17, 15) is 20.4 Å². The molecule has 0 spiro atoms. The zero-order chi connectivity index (χ0) is 15.6. The zero-order valence-corrected chi connectivity index (χ0v) is 11.6. The van der Waals surface area contributed by atoms with Crippen molar-refractivity contribution in [2.75, 3.05) is 13.2 Å². The number of aliphatic hydroxyl groups is 6. The van der Waals surface area contributed by atoms with Crippen LogP contribution >= 0.6 is 12.3 Å². The number of aliphatic hydroxyl groups excluding tert-OH is 6. The monoisotopic (exact) mass is 330 g/mol. The third-order valence-electron chi connectivity index (χ3n) is 3.27. The highest BCUT2D eigenvalue weighted by atomic mass is 32.2. The fourth-order valence-corrected chi connectivity index (χ4v) is 2.51. The molecule has 0 aromatic heterocycles. The summed E-state index contributed by atoms with van der Waals surface area (Å²) >= 11 is 0.329. The van der Waals surface area contributed by atoms with Crippen molar-refractivity contribution in [1.29, 1.82) is 0 Å². The molecule has 0 radical (unpaired) electrons. The Morgan fingerprint density at radius 2 is 1.10 bits per heavy atom. The van der Waals surface area contributed by atoms with Gasteiger partial charge in [-0.05, 0) is 0 Å². The average molecular weight is 330 g/mol. The van der Waals surface area contributed by atoms with Crippen LogP contribution in [0.5, 0.6) is 0 Å². The first-order valence-corrected chi connectivity index (χ1v) is 6.90. The van der Waals surface area contributed by atoms with Gasteiger partial charge in [-0.25, -0.2) is 0 Å². The van der Waals surface area contributed by atoms with Crippen molar-refractivity contribution in [3.8, 4) is 0 Å². The molecule has 10 nitrogen and oxygen atoms in total. The van der Waals surface area contributed by atoms with E-state index < -0.39 is 62.4 Å². The first-order chi connectivity index (χ1) is 9.99. The maximum Gasteiger partial charge on any atom is 0.202 e. The molecule has 0 bridgehead atoms. The molecule has 2 unspecified atom stereocenters. The van der Waals surface area contributed by atoms with Crippen LogP contribution in [-0.4, -0.2) is 93.1 Å². The second kappa shape index (κ2) is 7.48. The molecule has 124 valence electrons. The molecule has 6 N–H and O–H groups in total. The van der Waals surface area contributed by atoms with E-state index in [-0.39, 0.29) is 0 Å². The zero-order valence-electron chi connectivity index (χ0n) is 10.8. The van der Waals surface area contributed by atoms with Crippen LogP contribution in [-0.2, 0) is 17.8 Å². The minimum atomic E-state index is -1.37. The van der Waals surface area contributed by atoms with E-state index in [1.54, 1.807) is 0 Å². The molecule has 2 heterocycles. The smallest absolute Gasteiger partial charge is 0.202 e. The molecule has 0 saturated carbocycles. The highest BCUT2D eigenvalue weighted by Gasteiger charge is 2.45. The maximum atomic E-state index is 9.59. The second-order valence-electron chi connectivity index (χ2n) is 4.67. The summed E-state index contributed by atoms with van der Waals surface area (Å²) in [6.45, 7) is -0.975. The van der Waals surface area contributed by atoms with Gasteiger partial charge in [0.15, 0.2) is 12.3 Å². The molecule has 2 saturated heterocycles. The van der Waals surface area contributed by atoms with Crippen molar-refractivity contribution >= 4 is 12.3 Å². The standard InChI is InChI=1S/C10H18O10S/c11-1-3-5(13)7(15)9(17-3)19-21-20-10-8(16)6(14)4(2-12)18-10/h3-16H,1-2H2/t3-,4-,5-,6-,7-,8-,9?,10?/m1/s1. The van der Waals surface area contributed by atoms with Crippen LogP contribution in [0.4, 0.5) is 0 Å². The Kier molecular flexibility index (Phi) is 6.16. The summed E-state index contributed by atoms with van der Waals surface area (Å²) in [7, 11) is 0. The van der Waals surface area contributed by atoms with Crippen LogP contribution in [0.3, 0.4) is 0 Å². The predicted octanol–water partition coefficient (Wildman–Crippen LogP) is -3.54. The van der Waals surface area contributed by atoms with Gasteiger partial charge in [0.1, 0.15) is 36.6 Å². The number of hydrogen-bond donors (Lipinski definition) is 6. The average Bonchev–Trinajstić information content (AvgIpc) is 2.91. The van der Waals surface area contributed by atoms with E-state index in [1.165, 1.54) is 0 Å². The molecule has 2 rings (SSSR count). The molecule has 0 amide bonds. The molecule has 8 atom stereocenters. The van der Waals surface area contributed by atoms with Gasteiger partial charge in [0.05, 0.1) is 13.2 Å². The first-order valence-electron chi connectivity index (χ1n) is 6.23. The molecular weight excluding hydrogens is 312 g/mol. The van der Waals surface area contributed by atoms with E-state index in [0.29, 0.717) is 12.3 Å². The Bertz CT molecular complexity index is 303. The third-order valence-corrected chi connectivity index (χ3v) is 3.80. The lowest BCUT2D eigenvalue weighted by molar-refractivity contribution is -0.132. The van der Waals surface area contributed by atoms with Crippen LogP contribution in [0.25, 0.3) is 0 Å². The summed E-state index contributed by atoms with van der Waals surface area (Å²) in [5.74, 6) is 0. The molecular formula is C10H18O10S. The van der Waals surface area contributed by atoms with E-state index in [0.717, 1.165) is 0 Å². The van der Waals surface area contributed by atoms with Gasteiger partial charge in [-0.2, -0.15) is 0 Å². The summed E-state index contributed by atoms with van der Waals surface area (Å²) in [5.41, 5.74) is 0. The van der Waals surface area contributed by atoms with Gasteiger partial charge in [0, 0.05) is 0 Å². The van der Waals surface area contributed by atoms with Gasteiger partial charge < -0.3 is 40.1 Å². The van der Waals surface area contributed by atoms with Crippen molar-refractivity contribution in [3.63, 3.8) is 0 Å². The highest BCUT2D eigenvalue weighted by Crippen LogP contribution is 2.29. The van der Waals surface area contributed by atoms with Crippen LogP contribution < -0.4 is 0 Å². The van der Waals surface area contributed by atoms with Gasteiger partial charge in [0.2, 0.25) is 12.6 Å². The summed E-state index contributed by atoms with van der Waals surface area (Å²) in [4.78, 5) is 0. The minimum Gasteiger partial charge on any atom is -0.394 e. The minimum absolute atomic E-state index is 0.329. The Balaban J connectivity index is 1.75. The predicted molar refractivity (Wildman–Crippen MR) is 65.3 cm³/mol. The topological polar surface area (TPSA) is 158 Å². The molecule has 2 aliphatic heterocycles. The molecule has 11 heteroatoms. The van der Waals surface area contributed by atoms with Crippen molar-refractivity contribution in [1.82, 2.24) is 0 Å². The second-order valence-corrected chi connectivity index (χ2v) is 5.19. The molecule has 0 aromatic rings. The highest BCUT2D eigenvalue weighted by molar-refractivity contribution is 7.89. The van der Waals surface area contributed by atoms with E-state index in [2.05, 4.69) is 0 Å². The third kappa shape index (κ3) is 3.65. The largest absolute Gasteiger partial charge is 0.394 e. The summed E-state index contributed by atoms with van der Waals surface area (Å²) < 4.78 is 19.9. The van der Waals surface area contributed by atoms with Crippen molar-refractivity contribution in [2.45, 2.75) is 49.2 Å². The van der Waals surface area contributed by atoms with Crippen molar-refractivity contribution in [3.05, 3.63) is 0 Å². The van der Waals surface area contributed by atoms with Gasteiger partial charge in [-0.3, -0.25) is 8.37 Å². The lowest BCUT2D eigenvalue weighted by Crippen LogP contribution is -2.34. The number of ether oxygens (including phenoxy) is 2. The summed E-state index contributed by atoms with van der Waals surface area (Å²) in [5, 5.41) is 56.0. The SMILES string of the molecule is OC[C@H]1OC(OSOC2O[C@H](CO)[C@@H](O)[C@H]2O)[C@H](O)[C@@H]1O. The first kappa shape index (κ1) is 17.3. The quantitative estimate of drug-likeness (QED) is 0.268. The van der Waals surface area contributed by atoms with E-state index >= 15 is 0 Å².